The van der Waals surface area contributed by atoms with E-state index in [1.165, 1.54) is 12.1 Å². The highest BCUT2D eigenvalue weighted by Gasteiger charge is 2.48. The maximum absolute atomic E-state index is 13.0. The summed E-state index contributed by atoms with van der Waals surface area (Å²) in [7, 11) is 0. The van der Waals surface area contributed by atoms with Gasteiger partial charge in [-0.3, -0.25) is 4.79 Å². The quantitative estimate of drug-likeness (QED) is 0.157. The maximum Gasteiger partial charge on any atom is 0.341 e. The second kappa shape index (κ2) is 14.0. The van der Waals surface area contributed by atoms with Crippen LogP contribution in [0.1, 0.15) is 56.3 Å². The van der Waals surface area contributed by atoms with Gasteiger partial charge in [0.15, 0.2) is 0 Å². The van der Waals surface area contributed by atoms with Gasteiger partial charge >= 0.3 is 5.97 Å². The summed E-state index contributed by atoms with van der Waals surface area (Å²) in [5.74, 6) is -0.411. The number of para-hydroxylation sites is 1. The minimum Gasteiger partial charge on any atom is -0.507 e. The standard InChI is InChI=1S/C26H38ClNO8S/c1-3-6-15-9-10-16(13-15)24(33)28-19(14(2)27)23-21(31)20(30)22(32)26(36-23)37-12-11-35-25(34)17-7-4-5-8-18(17)29/h4-5,7-8,14-16,19-23,26,29-32H,3,6,9-13H2,1-2H3,(H,28,33)/t14-,15-,16-,19+,20-,21+,22+,23+,26+/m0/s1. The molecule has 5 N–H and O–H groups in total. The SMILES string of the molecule is CCC[C@H]1CC[C@H](C(=O)N[C@@H]([C@H]2O[C@H](SCCOC(=O)c3ccccc3O)[C@H](O)[C@@H](O)[C@H]2O)[C@H](C)Cl)C1. The molecule has 0 bridgehead atoms. The van der Waals surface area contributed by atoms with Crippen LogP contribution in [0.2, 0.25) is 0 Å². The van der Waals surface area contributed by atoms with E-state index >= 15 is 0 Å². The van der Waals surface area contributed by atoms with Crippen molar-refractivity contribution in [3.63, 3.8) is 0 Å². The molecule has 11 heteroatoms. The third-order valence-corrected chi connectivity index (χ3v) is 8.49. The number of hydrogen-bond acceptors (Lipinski definition) is 9. The van der Waals surface area contributed by atoms with E-state index in [2.05, 4.69) is 12.2 Å². The minimum atomic E-state index is -1.52. The van der Waals surface area contributed by atoms with Gasteiger partial charge in [0.1, 0.15) is 47.8 Å². The number of carbonyl (C=O) groups excluding carboxylic acids is 2. The molecule has 0 aromatic heterocycles. The molecular weight excluding hydrogens is 522 g/mol. The summed E-state index contributed by atoms with van der Waals surface area (Å²) in [6.07, 6.45) is -0.647. The number of rotatable bonds is 11. The number of aromatic hydroxyl groups is 1. The van der Waals surface area contributed by atoms with Gasteiger partial charge in [-0.1, -0.05) is 31.9 Å². The zero-order valence-corrected chi connectivity index (χ0v) is 22.7. The molecule has 9 atom stereocenters. The highest BCUT2D eigenvalue weighted by atomic mass is 35.5. The number of ether oxygens (including phenoxy) is 2. The number of phenolic OH excluding ortho intramolecular Hbond substituents is 1. The molecule has 0 radical (unpaired) electrons. The van der Waals surface area contributed by atoms with Crippen molar-refractivity contribution in [3.05, 3.63) is 29.8 Å². The predicted octanol–water partition coefficient (Wildman–Crippen LogP) is 2.42. The van der Waals surface area contributed by atoms with Crippen LogP contribution in [0.25, 0.3) is 0 Å². The van der Waals surface area contributed by atoms with Crippen molar-refractivity contribution in [1.29, 1.82) is 0 Å². The van der Waals surface area contributed by atoms with E-state index in [1.54, 1.807) is 19.1 Å². The topological polar surface area (TPSA) is 146 Å². The summed E-state index contributed by atoms with van der Waals surface area (Å²) in [6.45, 7) is 3.77. The van der Waals surface area contributed by atoms with Crippen molar-refractivity contribution in [2.75, 3.05) is 12.4 Å². The van der Waals surface area contributed by atoms with Gasteiger partial charge in [0.2, 0.25) is 5.91 Å². The Morgan fingerprint density at radius 1 is 1.19 bits per heavy atom. The number of hydrogen-bond donors (Lipinski definition) is 5. The van der Waals surface area contributed by atoms with Gasteiger partial charge in [0.25, 0.3) is 0 Å². The monoisotopic (exact) mass is 559 g/mol. The lowest BCUT2D eigenvalue weighted by molar-refractivity contribution is -0.205. The molecule has 9 nitrogen and oxygen atoms in total. The molecule has 1 aromatic rings. The molecule has 1 heterocycles. The Hall–Kier alpha value is -1.56. The lowest BCUT2D eigenvalue weighted by Gasteiger charge is -2.44. The van der Waals surface area contributed by atoms with E-state index in [1.807, 2.05) is 0 Å². The fraction of sp³-hybridized carbons (Fsp3) is 0.692. The van der Waals surface area contributed by atoms with Gasteiger partial charge in [0, 0.05) is 11.7 Å². The van der Waals surface area contributed by atoms with Crippen LogP contribution in [0.4, 0.5) is 0 Å². The fourth-order valence-electron chi connectivity index (χ4n) is 5.05. The lowest BCUT2D eigenvalue weighted by atomic mass is 9.92. The summed E-state index contributed by atoms with van der Waals surface area (Å²) in [5, 5.41) is 43.8. The Balaban J connectivity index is 1.57. The summed E-state index contributed by atoms with van der Waals surface area (Å²) in [5.41, 5.74) is -0.916. The molecule has 0 spiro atoms. The summed E-state index contributed by atoms with van der Waals surface area (Å²) in [6, 6.07) is 5.23. The summed E-state index contributed by atoms with van der Waals surface area (Å²) in [4.78, 5) is 25.2. The van der Waals surface area contributed by atoms with Gasteiger partial charge in [-0.05, 0) is 44.2 Å². The molecule has 1 aliphatic carbocycles. The van der Waals surface area contributed by atoms with Crippen LogP contribution in [-0.4, -0.2) is 85.9 Å². The summed E-state index contributed by atoms with van der Waals surface area (Å²) < 4.78 is 11.1. The molecule has 1 aliphatic heterocycles. The van der Waals surface area contributed by atoms with Crippen LogP contribution in [0.5, 0.6) is 5.75 Å². The van der Waals surface area contributed by atoms with Crippen molar-refractivity contribution in [1.82, 2.24) is 5.32 Å². The van der Waals surface area contributed by atoms with Gasteiger partial charge in [-0.15, -0.1) is 23.4 Å². The molecule has 1 saturated carbocycles. The highest BCUT2D eigenvalue weighted by molar-refractivity contribution is 7.99. The van der Waals surface area contributed by atoms with Crippen molar-refractivity contribution in [2.45, 2.75) is 87.2 Å². The van der Waals surface area contributed by atoms with E-state index < -0.39 is 47.2 Å². The second-order valence-corrected chi connectivity index (χ2v) is 11.7. The Morgan fingerprint density at radius 2 is 1.92 bits per heavy atom. The molecule has 2 fully saturated rings. The Bertz CT molecular complexity index is 905. The highest BCUT2D eigenvalue weighted by Crippen LogP contribution is 2.35. The molecule has 3 rings (SSSR count). The molecule has 2 aliphatic rings. The number of halogens is 1. The number of carbonyl (C=O) groups is 2. The zero-order valence-electron chi connectivity index (χ0n) is 21.2. The van der Waals surface area contributed by atoms with E-state index in [0.717, 1.165) is 43.9 Å². The van der Waals surface area contributed by atoms with Crippen LogP contribution in [0.15, 0.2) is 24.3 Å². The number of benzene rings is 1. The third-order valence-electron chi connectivity index (χ3n) is 7.10. The number of esters is 1. The Morgan fingerprint density at radius 3 is 2.59 bits per heavy atom. The number of aliphatic hydroxyl groups is 3. The number of nitrogens with one attached hydrogen (secondary N) is 1. The first-order valence-corrected chi connectivity index (χ1v) is 14.3. The van der Waals surface area contributed by atoms with Crippen LogP contribution in [-0.2, 0) is 14.3 Å². The largest absolute Gasteiger partial charge is 0.507 e. The molecule has 1 amide bonds. The second-order valence-electron chi connectivity index (χ2n) is 9.84. The predicted molar refractivity (Wildman–Crippen MR) is 141 cm³/mol. The molecule has 1 aromatic carbocycles. The fourth-order valence-corrected chi connectivity index (χ4v) is 6.24. The van der Waals surface area contributed by atoms with E-state index in [4.69, 9.17) is 21.1 Å². The molecular formula is C26H38ClNO8S. The van der Waals surface area contributed by atoms with Gasteiger partial charge in [0.05, 0.1) is 11.4 Å². The van der Waals surface area contributed by atoms with Gasteiger partial charge in [-0.25, -0.2) is 4.79 Å². The number of phenols is 1. The van der Waals surface area contributed by atoms with Crippen molar-refractivity contribution in [2.24, 2.45) is 11.8 Å². The average Bonchev–Trinajstić information content (AvgIpc) is 3.34. The van der Waals surface area contributed by atoms with E-state index in [-0.39, 0.29) is 35.5 Å². The zero-order chi connectivity index (χ0) is 27.1. The number of aliphatic hydroxyl groups excluding tert-OH is 3. The molecule has 0 unspecified atom stereocenters. The van der Waals surface area contributed by atoms with E-state index in [0.29, 0.717) is 5.92 Å². The van der Waals surface area contributed by atoms with Crippen molar-refractivity contribution in [3.8, 4) is 5.75 Å². The lowest BCUT2D eigenvalue weighted by Crippen LogP contribution is -2.64. The minimum absolute atomic E-state index is 0.0398. The maximum atomic E-state index is 13.0. The van der Waals surface area contributed by atoms with Crippen LogP contribution in [0.3, 0.4) is 0 Å². The Kier molecular flexibility index (Phi) is 11.4. The van der Waals surface area contributed by atoms with Crippen molar-refractivity contribution < 1.29 is 39.5 Å². The van der Waals surface area contributed by atoms with Crippen LogP contribution in [0, 0.1) is 11.8 Å². The first kappa shape index (κ1) is 30.0. The van der Waals surface area contributed by atoms with E-state index in [9.17, 15) is 30.0 Å². The number of amides is 1. The first-order valence-electron chi connectivity index (χ1n) is 12.8. The Labute approximate surface area is 226 Å². The number of thioether (sulfide) groups is 1. The van der Waals surface area contributed by atoms with Crippen LogP contribution >= 0.6 is 23.4 Å². The smallest absolute Gasteiger partial charge is 0.341 e. The van der Waals surface area contributed by atoms with Crippen molar-refractivity contribution >= 4 is 35.2 Å². The first-order chi connectivity index (χ1) is 17.6. The molecule has 37 heavy (non-hydrogen) atoms. The average molecular weight is 560 g/mol. The summed E-state index contributed by atoms with van der Waals surface area (Å²) >= 11 is 7.50. The third kappa shape index (κ3) is 7.74. The van der Waals surface area contributed by atoms with Gasteiger partial charge in [-0.2, -0.15) is 0 Å². The number of alkyl halides is 1. The normalized spacial score (nSPS) is 31.5. The van der Waals surface area contributed by atoms with Crippen LogP contribution < -0.4 is 5.32 Å². The van der Waals surface area contributed by atoms with Gasteiger partial charge < -0.3 is 35.2 Å². The molecule has 208 valence electrons. The molecule has 1 saturated heterocycles.